The first-order chi connectivity index (χ1) is 14.6. The van der Waals surface area contributed by atoms with Crippen LogP contribution in [0.4, 0.5) is 26.0 Å². The quantitative estimate of drug-likeness (QED) is 0.678. The monoisotopic (exact) mass is 464 g/mol. The van der Waals surface area contributed by atoms with E-state index in [2.05, 4.69) is 25.6 Å². The molecule has 32 heavy (non-hydrogen) atoms. The van der Waals surface area contributed by atoms with Crippen molar-refractivity contribution < 1.29 is 13.6 Å². The molecular weight excluding hydrogens is 434 g/mol. The number of carbonyl (C=O) groups is 1. The summed E-state index contributed by atoms with van der Waals surface area (Å²) in [5, 5.41) is 10.7. The fourth-order valence-corrected chi connectivity index (χ4v) is 5.12. The first-order valence-corrected chi connectivity index (χ1v) is 10.8. The van der Waals surface area contributed by atoms with Crippen LogP contribution >= 0.6 is 13.5 Å². The van der Waals surface area contributed by atoms with Gasteiger partial charge in [-0.1, -0.05) is 6.92 Å². The number of halogens is 2. The first kappa shape index (κ1) is 22.8. The van der Waals surface area contributed by atoms with Crippen LogP contribution in [0.1, 0.15) is 43.9 Å². The van der Waals surface area contributed by atoms with Crippen molar-refractivity contribution in [1.82, 2.24) is 14.8 Å². The molecule has 2 N–H and O–H groups in total. The first-order valence-electron chi connectivity index (χ1n) is 10.8. The maximum Gasteiger partial charge on any atom is 0.249 e. The molecule has 174 valence electrons. The van der Waals surface area contributed by atoms with E-state index in [1.165, 1.54) is 0 Å². The van der Waals surface area contributed by atoms with Gasteiger partial charge >= 0.3 is 0 Å². The smallest absolute Gasteiger partial charge is 0.249 e. The topological polar surface area (TPSA) is 75.1 Å². The molecule has 2 aromatic heterocycles. The predicted octanol–water partition coefficient (Wildman–Crippen LogP) is 3.91. The second kappa shape index (κ2) is 7.90. The van der Waals surface area contributed by atoms with Gasteiger partial charge < -0.3 is 15.5 Å². The second-order valence-electron chi connectivity index (χ2n) is 9.79. The SMILES string of the molecule is Cc1nc(NCc2cnn(CC3(C)CC(F)(F)C3)c2)cc2c1NC(=O)[C@H](C1CC1)N2C.S. The van der Waals surface area contributed by atoms with Gasteiger partial charge in [-0.25, -0.2) is 13.8 Å². The van der Waals surface area contributed by atoms with Gasteiger partial charge in [-0.2, -0.15) is 18.6 Å². The lowest BCUT2D eigenvalue weighted by Crippen LogP contribution is -2.47. The average Bonchev–Trinajstić information content (AvgIpc) is 3.38. The molecule has 0 unspecified atom stereocenters. The highest BCUT2D eigenvalue weighted by atomic mass is 32.1. The number of nitrogens with one attached hydrogen (secondary N) is 2. The molecule has 3 heterocycles. The van der Waals surface area contributed by atoms with Gasteiger partial charge in [-0.15, -0.1) is 0 Å². The van der Waals surface area contributed by atoms with E-state index in [-0.39, 0.29) is 38.3 Å². The molecule has 1 atom stereocenters. The standard InChI is InChI=1S/C22H28F2N6O.H2S/c1-13-18-16(29(3)19(15-4-5-15)20(31)28-18)6-17(27-13)25-7-14-8-26-30(9-14)12-21(2)10-22(23,24)11-21;/h6,8-9,15,19H,4-5,7,10-12H2,1-3H3,(H,25,27)(H,28,31);1H2/t19-;/m0./s1. The number of nitrogens with zero attached hydrogens (tertiary/aromatic N) is 4. The number of pyridine rings is 1. The predicted molar refractivity (Wildman–Crippen MR) is 125 cm³/mol. The number of hydrogen-bond donors (Lipinski definition) is 2. The number of alkyl halides is 2. The summed E-state index contributed by atoms with van der Waals surface area (Å²) >= 11 is 0. The van der Waals surface area contributed by atoms with E-state index >= 15 is 0 Å². The van der Waals surface area contributed by atoms with Gasteiger partial charge in [0.2, 0.25) is 11.8 Å². The summed E-state index contributed by atoms with van der Waals surface area (Å²) in [4.78, 5) is 19.2. The van der Waals surface area contributed by atoms with Gasteiger partial charge in [0.15, 0.2) is 0 Å². The maximum atomic E-state index is 13.3. The van der Waals surface area contributed by atoms with Gasteiger partial charge in [0.05, 0.1) is 23.3 Å². The van der Waals surface area contributed by atoms with Crippen LogP contribution in [0.15, 0.2) is 18.5 Å². The van der Waals surface area contributed by atoms with Gasteiger partial charge in [-0.05, 0) is 31.1 Å². The Hall–Kier alpha value is -2.36. The Morgan fingerprint density at radius 1 is 1.31 bits per heavy atom. The lowest BCUT2D eigenvalue weighted by atomic mass is 9.67. The zero-order valence-corrected chi connectivity index (χ0v) is 19.6. The molecule has 0 aromatic carbocycles. The lowest BCUT2D eigenvalue weighted by molar-refractivity contribution is -0.159. The number of hydrogen-bond acceptors (Lipinski definition) is 5. The number of carbonyl (C=O) groups excluding carboxylic acids is 1. The van der Waals surface area contributed by atoms with E-state index in [1.807, 2.05) is 33.2 Å². The molecule has 0 radical (unpaired) electrons. The molecule has 2 saturated carbocycles. The Kier molecular flexibility index (Phi) is 5.63. The van der Waals surface area contributed by atoms with Crippen LogP contribution in [0.2, 0.25) is 0 Å². The number of fused-ring (bicyclic) bond motifs is 1. The van der Waals surface area contributed by atoms with Crippen LogP contribution < -0.4 is 15.5 Å². The molecule has 7 nitrogen and oxygen atoms in total. The Morgan fingerprint density at radius 3 is 2.69 bits per heavy atom. The van der Waals surface area contributed by atoms with Gasteiger partial charge in [0.25, 0.3) is 0 Å². The highest BCUT2D eigenvalue weighted by Gasteiger charge is 2.53. The van der Waals surface area contributed by atoms with E-state index in [0.29, 0.717) is 19.0 Å². The van der Waals surface area contributed by atoms with Crippen molar-refractivity contribution in [1.29, 1.82) is 0 Å². The number of likely N-dealkylation sites (N-methyl/N-ethyl adjacent to an activating group) is 1. The van der Waals surface area contributed by atoms with Gasteiger partial charge in [0.1, 0.15) is 11.9 Å². The van der Waals surface area contributed by atoms with E-state index in [4.69, 9.17) is 0 Å². The Morgan fingerprint density at radius 2 is 2.03 bits per heavy atom. The molecule has 0 bridgehead atoms. The van der Waals surface area contributed by atoms with Crippen LogP contribution in [0.3, 0.4) is 0 Å². The molecule has 3 aliphatic rings. The minimum absolute atomic E-state index is 0. The van der Waals surface area contributed by atoms with Crippen LogP contribution in [-0.4, -0.2) is 39.7 Å². The third kappa shape index (κ3) is 4.29. The number of amides is 1. The summed E-state index contributed by atoms with van der Waals surface area (Å²) in [5.74, 6) is -1.33. The summed E-state index contributed by atoms with van der Waals surface area (Å²) in [5.41, 5.74) is 3.08. The van der Waals surface area contributed by atoms with Crippen LogP contribution in [0.25, 0.3) is 0 Å². The van der Waals surface area contributed by atoms with Crippen molar-refractivity contribution in [2.75, 3.05) is 22.6 Å². The molecule has 0 spiro atoms. The van der Waals surface area contributed by atoms with Gasteiger partial charge in [0, 0.05) is 50.8 Å². The largest absolute Gasteiger partial charge is 0.366 e. The highest BCUT2D eigenvalue weighted by Crippen LogP contribution is 2.52. The van der Waals surface area contributed by atoms with Crippen LogP contribution in [0, 0.1) is 18.3 Å². The normalized spacial score (nSPS) is 23.0. The van der Waals surface area contributed by atoms with E-state index in [9.17, 15) is 13.6 Å². The molecule has 5 rings (SSSR count). The Balaban J connectivity index is 0.00000245. The summed E-state index contributed by atoms with van der Waals surface area (Å²) in [6.45, 7) is 4.79. The molecule has 10 heteroatoms. The van der Waals surface area contributed by atoms with E-state index < -0.39 is 11.3 Å². The number of aryl methyl sites for hydroxylation is 1. The molecule has 1 amide bonds. The fourth-order valence-electron chi connectivity index (χ4n) is 5.12. The van der Waals surface area contributed by atoms with Crippen molar-refractivity contribution in [2.24, 2.45) is 11.3 Å². The highest BCUT2D eigenvalue weighted by molar-refractivity contribution is 7.59. The second-order valence-corrected chi connectivity index (χ2v) is 9.79. The van der Waals surface area contributed by atoms with Crippen molar-refractivity contribution in [2.45, 2.75) is 64.6 Å². The van der Waals surface area contributed by atoms with E-state index in [0.717, 1.165) is 41.3 Å². The minimum atomic E-state index is -2.53. The van der Waals surface area contributed by atoms with Crippen LogP contribution in [0.5, 0.6) is 0 Å². The molecular formula is C22H30F2N6OS. The Bertz CT molecular complexity index is 1030. The number of anilines is 3. The number of rotatable bonds is 6. The summed E-state index contributed by atoms with van der Waals surface area (Å²) in [7, 11) is 1.97. The van der Waals surface area contributed by atoms with Crippen molar-refractivity contribution in [3.63, 3.8) is 0 Å². The zero-order chi connectivity index (χ0) is 22.0. The fraction of sp³-hybridized carbons (Fsp3) is 0.591. The third-order valence-electron chi connectivity index (χ3n) is 6.64. The third-order valence-corrected chi connectivity index (χ3v) is 6.64. The summed E-state index contributed by atoms with van der Waals surface area (Å²) in [6.07, 6.45) is 5.67. The average molecular weight is 465 g/mol. The molecule has 2 fully saturated rings. The van der Waals surface area contributed by atoms with Crippen LogP contribution in [-0.2, 0) is 17.9 Å². The molecule has 0 saturated heterocycles. The van der Waals surface area contributed by atoms with E-state index in [1.54, 1.807) is 10.9 Å². The minimum Gasteiger partial charge on any atom is -0.366 e. The summed E-state index contributed by atoms with van der Waals surface area (Å²) < 4.78 is 28.3. The molecule has 2 aromatic rings. The molecule has 1 aliphatic heterocycles. The van der Waals surface area contributed by atoms with Gasteiger partial charge in [-0.3, -0.25) is 9.48 Å². The maximum absolute atomic E-state index is 13.3. The van der Waals surface area contributed by atoms with Crippen molar-refractivity contribution in [3.8, 4) is 0 Å². The lowest BCUT2D eigenvalue weighted by Gasteiger charge is -2.44. The van der Waals surface area contributed by atoms with Crippen molar-refractivity contribution >= 4 is 36.6 Å². The van der Waals surface area contributed by atoms with Crippen molar-refractivity contribution in [3.05, 3.63) is 29.7 Å². The number of aromatic nitrogens is 3. The summed E-state index contributed by atoms with van der Waals surface area (Å²) in [6, 6.07) is 1.85. The Labute approximate surface area is 193 Å². The zero-order valence-electron chi connectivity index (χ0n) is 18.6. The molecule has 2 aliphatic carbocycles.